The molecule has 1 amide bonds. The summed E-state index contributed by atoms with van der Waals surface area (Å²) >= 11 is 0. The second-order valence-electron chi connectivity index (χ2n) is 16.4. The van der Waals surface area contributed by atoms with Crippen molar-refractivity contribution < 1.29 is 48.0 Å². The topological polar surface area (TPSA) is 163 Å². The molecule has 5 rings (SSSR count). The number of allylic oxidation sites excluding steroid dienone is 1. The summed E-state index contributed by atoms with van der Waals surface area (Å²) in [6.07, 6.45) is 1.73. The van der Waals surface area contributed by atoms with Crippen molar-refractivity contribution in [2.45, 2.75) is 128 Å². The first-order valence-electron chi connectivity index (χ1n) is 19.4. The maximum Gasteiger partial charge on any atom is 0.408 e. The number of carbonyl (C=O) groups excluding carboxylic acids is 4. The van der Waals surface area contributed by atoms with Crippen molar-refractivity contribution in [1.82, 2.24) is 15.2 Å². The summed E-state index contributed by atoms with van der Waals surface area (Å²) in [6.45, 7) is 12.0. The van der Waals surface area contributed by atoms with Crippen molar-refractivity contribution in [2.75, 3.05) is 21.2 Å². The summed E-state index contributed by atoms with van der Waals surface area (Å²) in [7, 11) is 5.22. The van der Waals surface area contributed by atoms with Crippen molar-refractivity contribution in [1.29, 1.82) is 0 Å². The van der Waals surface area contributed by atoms with Crippen LogP contribution in [0.3, 0.4) is 0 Å². The molecule has 2 N–H and O–H groups in total. The minimum Gasteiger partial charge on any atom is -0.457 e. The smallest absolute Gasteiger partial charge is 0.408 e. The molecule has 3 saturated heterocycles. The van der Waals surface area contributed by atoms with Crippen LogP contribution >= 0.6 is 0 Å². The molecule has 4 heterocycles. The summed E-state index contributed by atoms with van der Waals surface area (Å²) in [6, 6.07) is 8.70. The lowest BCUT2D eigenvalue weighted by Crippen LogP contribution is -2.60. The molecule has 3 aliphatic heterocycles. The average molecular weight is 766 g/mol. The number of alkyl carbamates (subject to hydrolysis) is 1. The van der Waals surface area contributed by atoms with E-state index in [-0.39, 0.29) is 30.8 Å². The van der Waals surface area contributed by atoms with Gasteiger partial charge in [-0.2, -0.15) is 0 Å². The number of ether oxygens (including phenoxy) is 5. The standard InChI is InChI=1S/C42H59N3O10/c1-23-21-41(6,51-10)37(54-39-35(48)31(45(8)9)19-24(2)52-39)26(4)34(47)27(5)38(49)53-32(42(7)36(25(3)33(23)46)44-40(50)55-42)18-14-11-15-28-20-29-16-12-13-17-30(29)43-22-28/h11-13,15-17,20,22-27,31-32,35-37,39,48H,14,18-19,21H2,1-10H3,(H,44,50)/t23-,24?,25+,26+,27-,31?,32-,35?,36-,37-,39?,41-,42-/m1/s1. The number of hydrogen-bond donors (Lipinski definition) is 2. The normalized spacial score (nSPS) is 38.1. The minimum absolute atomic E-state index is 0.124. The molecule has 3 aliphatic rings. The Morgan fingerprint density at radius 3 is 2.44 bits per heavy atom. The first-order valence-corrected chi connectivity index (χ1v) is 19.4. The number of benzene rings is 1. The molecule has 0 spiro atoms. The van der Waals surface area contributed by atoms with Crippen LogP contribution < -0.4 is 5.32 Å². The molecule has 1 aromatic carbocycles. The number of likely N-dealkylation sites (N-methyl/N-ethyl adjacent to an activating group) is 1. The summed E-state index contributed by atoms with van der Waals surface area (Å²) in [5.74, 6) is -5.08. The number of para-hydroxylation sites is 1. The van der Waals surface area contributed by atoms with E-state index in [1.54, 1.807) is 40.8 Å². The predicted molar refractivity (Wildman–Crippen MR) is 206 cm³/mol. The average Bonchev–Trinajstić information content (AvgIpc) is 3.47. The van der Waals surface area contributed by atoms with E-state index in [0.29, 0.717) is 12.8 Å². The van der Waals surface area contributed by atoms with Gasteiger partial charge in [0.05, 0.1) is 29.4 Å². The first kappa shape index (κ1) is 42.4. The van der Waals surface area contributed by atoms with Crippen LogP contribution in [-0.2, 0) is 38.1 Å². The first-order chi connectivity index (χ1) is 25.9. The number of Topliss-reactive ketones (excluding diaryl/α,β-unsaturated/α-hetero) is 2. The van der Waals surface area contributed by atoms with E-state index in [9.17, 15) is 24.3 Å². The highest BCUT2D eigenvalue weighted by Crippen LogP contribution is 2.40. The molecule has 13 nitrogen and oxygen atoms in total. The molecular formula is C42H59N3O10. The number of nitrogens with zero attached hydrogens (tertiary/aromatic N) is 2. The molecule has 1 aromatic heterocycles. The Hall–Kier alpha value is -3.75. The van der Waals surface area contributed by atoms with Gasteiger partial charge < -0.3 is 39.0 Å². The highest BCUT2D eigenvalue weighted by Gasteiger charge is 2.57. The third-order valence-electron chi connectivity index (χ3n) is 12.1. The Bertz CT molecular complexity index is 1750. The van der Waals surface area contributed by atoms with Crippen LogP contribution in [0.15, 0.2) is 42.6 Å². The van der Waals surface area contributed by atoms with Gasteiger partial charge in [-0.25, -0.2) is 4.79 Å². The molecule has 3 fully saturated rings. The maximum atomic E-state index is 14.3. The Kier molecular flexibility index (Phi) is 13.2. The van der Waals surface area contributed by atoms with Crippen molar-refractivity contribution in [2.24, 2.45) is 23.7 Å². The number of cyclic esters (lactones) is 1. The highest BCUT2D eigenvalue weighted by atomic mass is 16.7. The molecule has 302 valence electrons. The summed E-state index contributed by atoms with van der Waals surface area (Å²) < 4.78 is 30.9. The van der Waals surface area contributed by atoms with Crippen molar-refractivity contribution in [3.05, 3.63) is 48.2 Å². The van der Waals surface area contributed by atoms with E-state index in [4.69, 9.17) is 23.7 Å². The lowest BCUT2D eigenvalue weighted by molar-refractivity contribution is -0.295. The van der Waals surface area contributed by atoms with Gasteiger partial charge in [-0.15, -0.1) is 0 Å². The van der Waals surface area contributed by atoms with Crippen LogP contribution in [0.25, 0.3) is 17.0 Å². The number of pyridine rings is 1. The van der Waals surface area contributed by atoms with E-state index < -0.39 is 83.4 Å². The van der Waals surface area contributed by atoms with E-state index in [0.717, 1.165) is 16.5 Å². The largest absolute Gasteiger partial charge is 0.457 e. The fourth-order valence-corrected chi connectivity index (χ4v) is 8.69. The second-order valence-corrected chi connectivity index (χ2v) is 16.4. The Morgan fingerprint density at radius 1 is 1.04 bits per heavy atom. The number of rotatable bonds is 8. The summed E-state index contributed by atoms with van der Waals surface area (Å²) in [5, 5.41) is 15.2. The molecular weight excluding hydrogens is 706 g/mol. The molecule has 55 heavy (non-hydrogen) atoms. The van der Waals surface area contributed by atoms with Crippen molar-refractivity contribution >= 4 is 40.6 Å². The quantitative estimate of drug-likeness (QED) is 0.270. The van der Waals surface area contributed by atoms with Gasteiger partial charge in [0.2, 0.25) is 0 Å². The van der Waals surface area contributed by atoms with Crippen LogP contribution in [0.1, 0.15) is 79.7 Å². The molecule has 13 atom stereocenters. The molecule has 0 aliphatic carbocycles. The van der Waals surface area contributed by atoms with Gasteiger partial charge in [-0.3, -0.25) is 19.4 Å². The number of fused-ring (bicyclic) bond motifs is 2. The fourth-order valence-electron chi connectivity index (χ4n) is 8.69. The maximum absolute atomic E-state index is 14.3. The SMILES string of the molecule is CO[C@]1(C)C[C@@H](C)C(=O)[C@H](C)[C@H]2NC(=O)O[C@]2(C)[C@@H](CCC=Cc2cnc3ccccc3c2)OC(=O)[C@H](C)C(=O)[C@H](C)[C@H]1OC1OC(C)CC(N(C)C)C1O. The number of hydrogen-bond acceptors (Lipinski definition) is 12. The monoisotopic (exact) mass is 765 g/mol. The van der Waals surface area contributed by atoms with Gasteiger partial charge in [0.15, 0.2) is 17.7 Å². The van der Waals surface area contributed by atoms with Crippen LogP contribution in [-0.4, -0.2) is 114 Å². The zero-order valence-corrected chi connectivity index (χ0v) is 33.8. The van der Waals surface area contributed by atoms with Gasteiger partial charge in [0.25, 0.3) is 0 Å². The van der Waals surface area contributed by atoms with E-state index in [2.05, 4.69) is 10.3 Å². The highest BCUT2D eigenvalue weighted by molar-refractivity contribution is 6.00. The predicted octanol–water partition coefficient (Wildman–Crippen LogP) is 5.11. The van der Waals surface area contributed by atoms with E-state index in [1.165, 1.54) is 14.0 Å². The van der Waals surface area contributed by atoms with Gasteiger partial charge in [0.1, 0.15) is 23.9 Å². The number of aliphatic hydroxyl groups is 1. The van der Waals surface area contributed by atoms with Gasteiger partial charge in [-0.1, -0.05) is 51.1 Å². The number of aromatic nitrogens is 1. The van der Waals surface area contributed by atoms with Crippen molar-refractivity contribution in [3.63, 3.8) is 0 Å². The second kappa shape index (κ2) is 17.2. The van der Waals surface area contributed by atoms with Gasteiger partial charge in [0, 0.05) is 42.5 Å². The van der Waals surface area contributed by atoms with Crippen LogP contribution in [0.5, 0.6) is 0 Å². The Labute approximate surface area is 324 Å². The summed E-state index contributed by atoms with van der Waals surface area (Å²) in [5.41, 5.74) is -0.931. The molecule has 0 bridgehead atoms. The Morgan fingerprint density at radius 2 is 1.75 bits per heavy atom. The Balaban J connectivity index is 1.48. The lowest BCUT2D eigenvalue weighted by Gasteiger charge is -2.47. The molecule has 0 radical (unpaired) electrons. The van der Waals surface area contributed by atoms with Crippen LogP contribution in [0, 0.1) is 23.7 Å². The van der Waals surface area contributed by atoms with Crippen LogP contribution in [0.4, 0.5) is 4.79 Å². The number of amides is 1. The lowest BCUT2D eigenvalue weighted by atomic mass is 9.73. The number of methoxy groups -OCH3 is 1. The number of esters is 1. The molecule has 13 heteroatoms. The van der Waals surface area contributed by atoms with Crippen LogP contribution in [0.2, 0.25) is 0 Å². The zero-order chi connectivity index (χ0) is 40.4. The number of nitrogens with one attached hydrogen (secondary N) is 1. The van der Waals surface area contributed by atoms with Crippen molar-refractivity contribution in [3.8, 4) is 0 Å². The third kappa shape index (κ3) is 8.96. The van der Waals surface area contributed by atoms with Gasteiger partial charge >= 0.3 is 12.1 Å². The van der Waals surface area contributed by atoms with E-state index in [1.807, 2.05) is 68.4 Å². The third-order valence-corrected chi connectivity index (χ3v) is 12.1. The molecule has 0 saturated carbocycles. The van der Waals surface area contributed by atoms with E-state index >= 15 is 0 Å². The number of aliphatic hydroxyl groups excluding tert-OH is 1. The zero-order valence-electron chi connectivity index (χ0n) is 33.8. The fraction of sp³-hybridized carbons (Fsp3) is 0.643. The number of carbonyl (C=O) groups is 4. The summed E-state index contributed by atoms with van der Waals surface area (Å²) in [4.78, 5) is 62.1. The molecule has 4 unspecified atom stereocenters. The van der Waals surface area contributed by atoms with Gasteiger partial charge in [-0.05, 0) is 85.2 Å². The minimum atomic E-state index is -1.44. The number of ketones is 2. The molecule has 2 aromatic rings.